The van der Waals surface area contributed by atoms with Crippen molar-refractivity contribution in [2.45, 2.75) is 6.92 Å². The molecule has 2 aromatic carbocycles. The predicted molar refractivity (Wildman–Crippen MR) is 92.0 cm³/mol. The van der Waals surface area contributed by atoms with Gasteiger partial charge in [-0.1, -0.05) is 53.0 Å². The SMILES string of the molecule is Cc1ccc(C=NNC(=O)C(=O)Nc2cc(Cl)ccc2Cl)cc1. The zero-order valence-electron chi connectivity index (χ0n) is 12.1. The monoisotopic (exact) mass is 349 g/mol. The number of hydrogen-bond donors (Lipinski definition) is 2. The third kappa shape index (κ3) is 5.09. The molecule has 2 aromatic rings. The van der Waals surface area contributed by atoms with Crippen LogP contribution in [-0.4, -0.2) is 18.0 Å². The molecule has 0 saturated heterocycles. The van der Waals surface area contributed by atoms with E-state index in [-0.39, 0.29) is 10.7 Å². The van der Waals surface area contributed by atoms with Crippen LogP contribution < -0.4 is 10.7 Å². The Labute approximate surface area is 143 Å². The van der Waals surface area contributed by atoms with Crippen LogP contribution in [-0.2, 0) is 9.59 Å². The number of carbonyl (C=O) groups is 2. The van der Waals surface area contributed by atoms with Gasteiger partial charge in [-0.05, 0) is 30.7 Å². The van der Waals surface area contributed by atoms with Crippen LogP contribution in [0.4, 0.5) is 5.69 Å². The average Bonchev–Trinajstić information content (AvgIpc) is 2.52. The first-order valence-electron chi connectivity index (χ1n) is 6.62. The summed E-state index contributed by atoms with van der Waals surface area (Å²) in [5, 5.41) is 6.76. The smallest absolute Gasteiger partial charge is 0.316 e. The second kappa shape index (κ2) is 7.76. The maximum Gasteiger partial charge on any atom is 0.329 e. The minimum Gasteiger partial charge on any atom is -0.316 e. The van der Waals surface area contributed by atoms with Crippen LogP contribution in [0, 0.1) is 6.92 Å². The van der Waals surface area contributed by atoms with Crippen LogP contribution in [0.25, 0.3) is 0 Å². The van der Waals surface area contributed by atoms with Gasteiger partial charge >= 0.3 is 11.8 Å². The Bertz CT molecular complexity index is 758. The third-order valence-electron chi connectivity index (χ3n) is 2.84. The lowest BCUT2D eigenvalue weighted by Gasteiger charge is -2.06. The van der Waals surface area contributed by atoms with Crippen LogP contribution in [0.3, 0.4) is 0 Å². The summed E-state index contributed by atoms with van der Waals surface area (Å²) < 4.78 is 0. The van der Waals surface area contributed by atoms with Gasteiger partial charge in [-0.2, -0.15) is 5.10 Å². The predicted octanol–water partition coefficient (Wildman–Crippen LogP) is 3.39. The molecule has 23 heavy (non-hydrogen) atoms. The molecule has 0 radical (unpaired) electrons. The lowest BCUT2D eigenvalue weighted by Crippen LogP contribution is -2.32. The van der Waals surface area contributed by atoms with Gasteiger partial charge in [0.2, 0.25) is 0 Å². The van der Waals surface area contributed by atoms with Gasteiger partial charge in [0.1, 0.15) is 0 Å². The van der Waals surface area contributed by atoms with Crippen molar-refractivity contribution in [3.05, 3.63) is 63.6 Å². The average molecular weight is 350 g/mol. The Balaban J connectivity index is 1.93. The quantitative estimate of drug-likeness (QED) is 0.506. The number of rotatable bonds is 3. The van der Waals surface area contributed by atoms with E-state index in [0.29, 0.717) is 5.02 Å². The lowest BCUT2D eigenvalue weighted by atomic mass is 10.2. The summed E-state index contributed by atoms with van der Waals surface area (Å²) in [6.07, 6.45) is 1.44. The number of carbonyl (C=O) groups excluding carboxylic acids is 2. The number of hydrazone groups is 1. The Morgan fingerprint density at radius 1 is 1.04 bits per heavy atom. The zero-order valence-corrected chi connectivity index (χ0v) is 13.7. The number of hydrogen-bond acceptors (Lipinski definition) is 3. The summed E-state index contributed by atoms with van der Waals surface area (Å²) >= 11 is 11.7. The molecule has 0 aliphatic rings. The molecule has 0 saturated carbocycles. The molecule has 0 bridgehead atoms. The molecule has 0 atom stereocenters. The fourth-order valence-electron chi connectivity index (χ4n) is 1.64. The maximum absolute atomic E-state index is 11.8. The summed E-state index contributed by atoms with van der Waals surface area (Å²) in [6.45, 7) is 1.97. The van der Waals surface area contributed by atoms with E-state index in [2.05, 4.69) is 15.8 Å². The minimum atomic E-state index is -0.913. The van der Waals surface area contributed by atoms with E-state index in [1.807, 2.05) is 31.2 Å². The first-order valence-corrected chi connectivity index (χ1v) is 7.37. The zero-order chi connectivity index (χ0) is 16.8. The Morgan fingerprint density at radius 2 is 1.74 bits per heavy atom. The van der Waals surface area contributed by atoms with Crippen LogP contribution in [0.1, 0.15) is 11.1 Å². The van der Waals surface area contributed by atoms with Crippen LogP contribution in [0.15, 0.2) is 47.6 Å². The molecule has 7 heteroatoms. The highest BCUT2D eigenvalue weighted by molar-refractivity contribution is 6.42. The van der Waals surface area contributed by atoms with Crippen molar-refractivity contribution in [2.24, 2.45) is 5.10 Å². The number of nitrogens with one attached hydrogen (secondary N) is 2. The first kappa shape index (κ1) is 17.0. The van der Waals surface area contributed by atoms with Crippen LogP contribution in [0.2, 0.25) is 10.0 Å². The van der Waals surface area contributed by atoms with Crippen molar-refractivity contribution in [1.82, 2.24) is 5.43 Å². The molecule has 2 N–H and O–H groups in total. The maximum atomic E-state index is 11.8. The summed E-state index contributed by atoms with van der Waals surface area (Å²) in [7, 11) is 0. The van der Waals surface area contributed by atoms with E-state index in [1.54, 1.807) is 6.07 Å². The molecule has 0 aliphatic carbocycles. The fraction of sp³-hybridized carbons (Fsp3) is 0.0625. The summed E-state index contributed by atoms with van der Waals surface area (Å²) in [6, 6.07) is 12.1. The van der Waals surface area contributed by atoms with Gasteiger partial charge in [-0.3, -0.25) is 9.59 Å². The van der Waals surface area contributed by atoms with E-state index < -0.39 is 11.8 Å². The highest BCUT2D eigenvalue weighted by atomic mass is 35.5. The topological polar surface area (TPSA) is 70.6 Å². The molecular formula is C16H13Cl2N3O2. The molecule has 0 heterocycles. The number of nitrogens with zero attached hydrogens (tertiary/aromatic N) is 1. The summed E-state index contributed by atoms with van der Waals surface area (Å²) in [5.74, 6) is -1.81. The molecule has 5 nitrogen and oxygen atoms in total. The van der Waals surface area contributed by atoms with Gasteiger partial charge in [0.05, 0.1) is 16.9 Å². The summed E-state index contributed by atoms with van der Waals surface area (Å²) in [5.41, 5.74) is 4.31. The van der Waals surface area contributed by atoms with Gasteiger partial charge in [-0.25, -0.2) is 5.43 Å². The normalized spacial score (nSPS) is 10.6. The van der Waals surface area contributed by atoms with Crippen molar-refractivity contribution >= 4 is 46.9 Å². The van der Waals surface area contributed by atoms with E-state index in [1.165, 1.54) is 18.3 Å². The molecule has 0 aliphatic heterocycles. The third-order valence-corrected chi connectivity index (χ3v) is 3.40. The van der Waals surface area contributed by atoms with Crippen molar-refractivity contribution < 1.29 is 9.59 Å². The van der Waals surface area contributed by atoms with E-state index in [9.17, 15) is 9.59 Å². The van der Waals surface area contributed by atoms with Crippen molar-refractivity contribution in [1.29, 1.82) is 0 Å². The van der Waals surface area contributed by atoms with Crippen molar-refractivity contribution in [3.8, 4) is 0 Å². The Hall–Kier alpha value is -2.37. The van der Waals surface area contributed by atoms with Crippen LogP contribution >= 0.6 is 23.2 Å². The largest absolute Gasteiger partial charge is 0.329 e. The second-order valence-corrected chi connectivity index (χ2v) is 5.53. The van der Waals surface area contributed by atoms with Gasteiger partial charge in [-0.15, -0.1) is 0 Å². The molecule has 0 unspecified atom stereocenters. The standard InChI is InChI=1S/C16H13Cl2N3O2/c1-10-2-4-11(5-3-10)9-19-21-16(23)15(22)20-14-8-12(17)6-7-13(14)18/h2-9H,1H3,(H,20,22)(H,21,23). The lowest BCUT2D eigenvalue weighted by molar-refractivity contribution is -0.136. The Kier molecular flexibility index (Phi) is 5.73. The number of halogens is 2. The van der Waals surface area contributed by atoms with Gasteiger partial charge in [0.25, 0.3) is 0 Å². The van der Waals surface area contributed by atoms with E-state index >= 15 is 0 Å². The van der Waals surface area contributed by atoms with E-state index in [0.717, 1.165) is 11.1 Å². The molecule has 0 fully saturated rings. The van der Waals surface area contributed by atoms with Crippen LogP contribution in [0.5, 0.6) is 0 Å². The number of anilines is 1. The molecule has 2 rings (SSSR count). The number of amides is 2. The molecule has 0 aromatic heterocycles. The highest BCUT2D eigenvalue weighted by Gasteiger charge is 2.14. The van der Waals surface area contributed by atoms with Gasteiger partial charge in [0, 0.05) is 5.02 Å². The van der Waals surface area contributed by atoms with E-state index in [4.69, 9.17) is 23.2 Å². The van der Waals surface area contributed by atoms with Gasteiger partial charge in [0.15, 0.2) is 0 Å². The first-order chi connectivity index (χ1) is 11.0. The fourth-order valence-corrected chi connectivity index (χ4v) is 1.98. The molecule has 0 spiro atoms. The second-order valence-electron chi connectivity index (χ2n) is 4.69. The highest BCUT2D eigenvalue weighted by Crippen LogP contribution is 2.25. The van der Waals surface area contributed by atoms with Crippen molar-refractivity contribution in [3.63, 3.8) is 0 Å². The Morgan fingerprint density at radius 3 is 2.43 bits per heavy atom. The minimum absolute atomic E-state index is 0.252. The van der Waals surface area contributed by atoms with Crippen molar-refractivity contribution in [2.75, 3.05) is 5.32 Å². The van der Waals surface area contributed by atoms with Gasteiger partial charge < -0.3 is 5.32 Å². The number of aryl methyl sites for hydroxylation is 1. The summed E-state index contributed by atoms with van der Waals surface area (Å²) in [4.78, 5) is 23.4. The molecule has 2 amide bonds. The molecular weight excluding hydrogens is 337 g/mol. The molecule has 118 valence electrons. The number of benzene rings is 2.